The quantitative estimate of drug-likeness (QED) is 0.847. The molecular formula is C20H28N2O3. The SMILES string of the molecule is CC(C)N(C)C(=O)C1COC2(CCCCC2)N1C(=O)c1ccccc1. The average Bonchev–Trinajstić information content (AvgIpc) is 2.99. The molecule has 3 rings (SSSR count). The maximum Gasteiger partial charge on any atom is 0.256 e. The molecule has 1 aliphatic heterocycles. The molecule has 1 unspecified atom stereocenters. The highest BCUT2D eigenvalue weighted by Gasteiger charge is 2.53. The summed E-state index contributed by atoms with van der Waals surface area (Å²) in [7, 11) is 1.80. The lowest BCUT2D eigenvalue weighted by molar-refractivity contribution is -0.137. The van der Waals surface area contributed by atoms with Crippen molar-refractivity contribution < 1.29 is 14.3 Å². The summed E-state index contributed by atoms with van der Waals surface area (Å²) in [6, 6.07) is 8.77. The Kier molecular flexibility index (Phi) is 5.13. The second-order valence-corrected chi connectivity index (χ2v) is 7.42. The van der Waals surface area contributed by atoms with E-state index in [2.05, 4.69) is 0 Å². The van der Waals surface area contributed by atoms with E-state index in [9.17, 15) is 9.59 Å². The van der Waals surface area contributed by atoms with Crippen LogP contribution < -0.4 is 0 Å². The number of carbonyl (C=O) groups excluding carboxylic acids is 2. The number of amides is 2. The molecule has 0 bridgehead atoms. The van der Waals surface area contributed by atoms with Crippen molar-refractivity contribution in [3.05, 3.63) is 35.9 Å². The van der Waals surface area contributed by atoms with E-state index in [1.165, 1.54) is 0 Å². The third-order valence-corrected chi connectivity index (χ3v) is 5.54. The van der Waals surface area contributed by atoms with Crippen LogP contribution in [0.1, 0.15) is 56.3 Å². The Hall–Kier alpha value is -1.88. The van der Waals surface area contributed by atoms with Gasteiger partial charge in [-0.2, -0.15) is 0 Å². The molecule has 2 amide bonds. The van der Waals surface area contributed by atoms with Gasteiger partial charge in [-0.05, 0) is 51.7 Å². The van der Waals surface area contributed by atoms with E-state index in [0.717, 1.165) is 32.1 Å². The molecule has 5 nitrogen and oxygen atoms in total. The van der Waals surface area contributed by atoms with E-state index in [4.69, 9.17) is 4.74 Å². The van der Waals surface area contributed by atoms with Gasteiger partial charge in [-0.15, -0.1) is 0 Å². The zero-order valence-electron chi connectivity index (χ0n) is 15.4. The van der Waals surface area contributed by atoms with E-state index in [1.54, 1.807) is 16.8 Å². The smallest absolute Gasteiger partial charge is 0.256 e. The fraction of sp³-hybridized carbons (Fsp3) is 0.600. The highest BCUT2D eigenvalue weighted by atomic mass is 16.5. The summed E-state index contributed by atoms with van der Waals surface area (Å²) >= 11 is 0. The van der Waals surface area contributed by atoms with Crippen molar-refractivity contribution in [3.63, 3.8) is 0 Å². The van der Waals surface area contributed by atoms with Crippen LogP contribution in [0.4, 0.5) is 0 Å². The summed E-state index contributed by atoms with van der Waals surface area (Å²) in [6.45, 7) is 4.25. The summed E-state index contributed by atoms with van der Waals surface area (Å²) < 4.78 is 6.16. The van der Waals surface area contributed by atoms with Crippen LogP contribution >= 0.6 is 0 Å². The Morgan fingerprint density at radius 3 is 2.40 bits per heavy atom. The van der Waals surface area contributed by atoms with Gasteiger partial charge in [0, 0.05) is 18.7 Å². The Balaban J connectivity index is 1.95. The first kappa shape index (κ1) is 17.9. The van der Waals surface area contributed by atoms with Crippen LogP contribution in [0.5, 0.6) is 0 Å². The molecule has 136 valence electrons. The number of rotatable bonds is 3. The molecule has 2 fully saturated rings. The van der Waals surface area contributed by atoms with Crippen molar-refractivity contribution in [2.75, 3.05) is 13.7 Å². The van der Waals surface area contributed by atoms with Gasteiger partial charge in [-0.25, -0.2) is 0 Å². The minimum absolute atomic E-state index is 0.0401. The summed E-state index contributed by atoms with van der Waals surface area (Å²) in [4.78, 5) is 29.8. The fourth-order valence-electron chi connectivity index (χ4n) is 3.87. The van der Waals surface area contributed by atoms with Crippen molar-refractivity contribution in [3.8, 4) is 0 Å². The van der Waals surface area contributed by atoms with Crippen LogP contribution in [0, 0.1) is 0 Å². The first-order chi connectivity index (χ1) is 12.0. The molecule has 0 radical (unpaired) electrons. The lowest BCUT2D eigenvalue weighted by Crippen LogP contribution is -2.57. The van der Waals surface area contributed by atoms with Crippen LogP contribution in [-0.2, 0) is 9.53 Å². The minimum Gasteiger partial charge on any atom is -0.353 e. The third-order valence-electron chi connectivity index (χ3n) is 5.54. The van der Waals surface area contributed by atoms with Gasteiger partial charge in [0.1, 0.15) is 11.8 Å². The van der Waals surface area contributed by atoms with Gasteiger partial charge >= 0.3 is 0 Å². The number of benzene rings is 1. The number of hydrogen-bond acceptors (Lipinski definition) is 3. The van der Waals surface area contributed by atoms with E-state index < -0.39 is 11.8 Å². The molecule has 0 aromatic heterocycles. The van der Waals surface area contributed by atoms with E-state index in [0.29, 0.717) is 5.56 Å². The summed E-state index contributed by atoms with van der Waals surface area (Å²) in [6.07, 6.45) is 4.82. The standard InChI is InChI=1S/C20H28N2O3/c1-15(2)21(3)19(24)17-14-25-20(12-8-5-9-13-20)22(17)18(23)16-10-6-4-7-11-16/h4,6-7,10-11,15,17H,5,8-9,12-14H2,1-3H3. The minimum atomic E-state index is -0.622. The first-order valence-corrected chi connectivity index (χ1v) is 9.25. The fourth-order valence-corrected chi connectivity index (χ4v) is 3.87. The normalized spacial score (nSPS) is 22.4. The Labute approximate surface area is 149 Å². The van der Waals surface area contributed by atoms with Crippen molar-refractivity contribution in [1.29, 1.82) is 0 Å². The molecule has 2 aliphatic rings. The summed E-state index contributed by atoms with van der Waals surface area (Å²) in [5, 5.41) is 0. The highest BCUT2D eigenvalue weighted by molar-refractivity contribution is 5.98. The van der Waals surface area contributed by atoms with Crippen LogP contribution in [-0.4, -0.2) is 53.1 Å². The number of likely N-dealkylation sites (N-methyl/N-ethyl adjacent to an activating group) is 1. The molecule has 1 spiro atoms. The molecule has 1 heterocycles. The Morgan fingerprint density at radius 2 is 1.80 bits per heavy atom. The number of ether oxygens (including phenoxy) is 1. The van der Waals surface area contributed by atoms with Crippen molar-refractivity contribution in [1.82, 2.24) is 9.80 Å². The summed E-state index contributed by atoms with van der Waals surface area (Å²) in [5.74, 6) is -0.141. The van der Waals surface area contributed by atoms with E-state index >= 15 is 0 Å². The molecule has 25 heavy (non-hydrogen) atoms. The van der Waals surface area contributed by atoms with Crippen LogP contribution in [0.25, 0.3) is 0 Å². The maximum absolute atomic E-state index is 13.3. The van der Waals surface area contributed by atoms with E-state index in [-0.39, 0.29) is 24.5 Å². The lowest BCUT2D eigenvalue weighted by atomic mass is 9.89. The van der Waals surface area contributed by atoms with Crippen molar-refractivity contribution in [2.24, 2.45) is 0 Å². The largest absolute Gasteiger partial charge is 0.353 e. The zero-order chi connectivity index (χ0) is 18.0. The van der Waals surface area contributed by atoms with Gasteiger partial charge in [0.15, 0.2) is 0 Å². The Bertz CT molecular complexity index is 623. The predicted molar refractivity (Wildman–Crippen MR) is 96.1 cm³/mol. The first-order valence-electron chi connectivity index (χ1n) is 9.25. The third kappa shape index (κ3) is 3.30. The number of nitrogens with zero attached hydrogens (tertiary/aromatic N) is 2. The van der Waals surface area contributed by atoms with E-state index in [1.807, 2.05) is 44.2 Å². The number of hydrogen-bond donors (Lipinski definition) is 0. The van der Waals surface area contributed by atoms with Crippen LogP contribution in [0.3, 0.4) is 0 Å². The monoisotopic (exact) mass is 344 g/mol. The molecule has 1 saturated carbocycles. The van der Waals surface area contributed by atoms with Gasteiger partial charge in [0.2, 0.25) is 5.91 Å². The molecule has 0 N–H and O–H groups in total. The molecule has 1 atom stereocenters. The number of carbonyl (C=O) groups is 2. The highest BCUT2D eigenvalue weighted by Crippen LogP contribution is 2.41. The summed E-state index contributed by atoms with van der Waals surface area (Å²) in [5.41, 5.74) is -0.00786. The van der Waals surface area contributed by atoms with Crippen molar-refractivity contribution in [2.45, 2.75) is 63.8 Å². The molecular weight excluding hydrogens is 316 g/mol. The van der Waals surface area contributed by atoms with Gasteiger partial charge in [-0.3, -0.25) is 14.5 Å². The van der Waals surface area contributed by atoms with Gasteiger partial charge in [0.25, 0.3) is 5.91 Å². The average molecular weight is 344 g/mol. The molecule has 1 aromatic carbocycles. The van der Waals surface area contributed by atoms with Crippen molar-refractivity contribution >= 4 is 11.8 Å². The molecule has 1 aromatic rings. The van der Waals surface area contributed by atoms with Crippen LogP contribution in [0.15, 0.2) is 30.3 Å². The lowest BCUT2D eigenvalue weighted by Gasteiger charge is -2.42. The second kappa shape index (κ2) is 7.16. The molecule has 5 heteroatoms. The zero-order valence-corrected chi connectivity index (χ0v) is 15.4. The topological polar surface area (TPSA) is 49.9 Å². The Morgan fingerprint density at radius 1 is 1.16 bits per heavy atom. The maximum atomic E-state index is 13.3. The molecule has 1 aliphatic carbocycles. The second-order valence-electron chi connectivity index (χ2n) is 7.42. The van der Waals surface area contributed by atoms with Crippen LogP contribution in [0.2, 0.25) is 0 Å². The van der Waals surface area contributed by atoms with Gasteiger partial charge < -0.3 is 9.64 Å². The van der Waals surface area contributed by atoms with Gasteiger partial charge in [0.05, 0.1) is 6.61 Å². The predicted octanol–water partition coefficient (Wildman–Crippen LogP) is 3.05. The molecule has 1 saturated heterocycles. The van der Waals surface area contributed by atoms with Gasteiger partial charge in [-0.1, -0.05) is 24.6 Å².